The number of aliphatic hydroxyl groups excluding tert-OH is 1. The standard InChI is InChI=1S/C30H57BN2O3/c1-5-7-8-10-13-19-25(18-6-2)30(4)24(3)28(34)27(33-30)22-16-17-23-32-29(35)31-36-26-20-14-11-9-12-15-21-26/h25-28,31,33-34H,3,5-23H2,1-2,4H3,(H,32,35). The van der Waals surface area contributed by atoms with Gasteiger partial charge in [-0.3, -0.25) is 4.79 Å². The molecule has 1 saturated carbocycles. The summed E-state index contributed by atoms with van der Waals surface area (Å²) in [5.41, 5.74) is 0.784. The quantitative estimate of drug-likeness (QED) is 0.116. The lowest BCUT2D eigenvalue weighted by molar-refractivity contribution is 0.173. The first-order chi connectivity index (χ1) is 17.4. The highest BCUT2D eigenvalue weighted by molar-refractivity contribution is 6.68. The van der Waals surface area contributed by atoms with E-state index in [1.807, 2.05) is 0 Å². The fourth-order valence-electron chi connectivity index (χ4n) is 6.33. The zero-order valence-electron chi connectivity index (χ0n) is 23.9. The first-order valence-corrected chi connectivity index (χ1v) is 15.5. The maximum Gasteiger partial charge on any atom is 0.380 e. The van der Waals surface area contributed by atoms with Gasteiger partial charge in [-0.05, 0) is 56.9 Å². The molecule has 1 aliphatic carbocycles. The smallest absolute Gasteiger partial charge is 0.380 e. The zero-order valence-corrected chi connectivity index (χ0v) is 23.9. The maximum absolute atomic E-state index is 12.2. The molecule has 1 heterocycles. The third-order valence-electron chi connectivity index (χ3n) is 8.77. The minimum absolute atomic E-state index is 0.00150. The molecule has 2 aliphatic rings. The molecule has 1 aliphatic heterocycles. The third-order valence-corrected chi connectivity index (χ3v) is 8.77. The molecule has 3 N–H and O–H groups in total. The van der Waals surface area contributed by atoms with E-state index in [1.165, 1.54) is 77.0 Å². The highest BCUT2D eigenvalue weighted by atomic mass is 16.4. The Bertz CT molecular complexity index is 623. The summed E-state index contributed by atoms with van der Waals surface area (Å²) < 4.78 is 5.89. The van der Waals surface area contributed by atoms with E-state index in [-0.39, 0.29) is 31.0 Å². The average molecular weight is 505 g/mol. The fraction of sp³-hybridized carbons (Fsp3) is 0.900. The summed E-state index contributed by atoms with van der Waals surface area (Å²) in [5, 5.41) is 17.8. The molecule has 4 atom stereocenters. The van der Waals surface area contributed by atoms with Gasteiger partial charge in [0.2, 0.25) is 5.81 Å². The average Bonchev–Trinajstić information content (AvgIpc) is 3.06. The van der Waals surface area contributed by atoms with Gasteiger partial charge in [-0.2, -0.15) is 0 Å². The highest BCUT2D eigenvalue weighted by Crippen LogP contribution is 2.40. The summed E-state index contributed by atoms with van der Waals surface area (Å²) in [6.45, 7) is 11.8. The number of rotatable bonds is 17. The van der Waals surface area contributed by atoms with Crippen LogP contribution in [0.15, 0.2) is 12.2 Å². The first kappa shape index (κ1) is 31.4. The van der Waals surface area contributed by atoms with E-state index in [1.54, 1.807) is 0 Å². The molecule has 36 heavy (non-hydrogen) atoms. The number of unbranched alkanes of at least 4 members (excludes halogenated alkanes) is 5. The van der Waals surface area contributed by atoms with Gasteiger partial charge in [0.15, 0.2) is 0 Å². The Morgan fingerprint density at radius 1 is 1.06 bits per heavy atom. The van der Waals surface area contributed by atoms with Crippen molar-refractivity contribution in [2.24, 2.45) is 5.92 Å². The van der Waals surface area contributed by atoms with Crippen molar-refractivity contribution in [3.8, 4) is 0 Å². The van der Waals surface area contributed by atoms with Gasteiger partial charge in [0, 0.05) is 24.2 Å². The summed E-state index contributed by atoms with van der Waals surface area (Å²) in [4.78, 5) is 12.2. The van der Waals surface area contributed by atoms with Crippen LogP contribution in [0.5, 0.6) is 0 Å². The maximum atomic E-state index is 12.2. The van der Waals surface area contributed by atoms with Crippen LogP contribution in [0.25, 0.3) is 0 Å². The van der Waals surface area contributed by atoms with Crippen LogP contribution in [0.3, 0.4) is 0 Å². The minimum Gasteiger partial charge on any atom is -0.427 e. The molecule has 4 unspecified atom stereocenters. The first-order valence-electron chi connectivity index (χ1n) is 15.5. The molecular weight excluding hydrogens is 447 g/mol. The van der Waals surface area contributed by atoms with Gasteiger partial charge in [0.25, 0.3) is 0 Å². The second-order valence-corrected chi connectivity index (χ2v) is 11.7. The highest BCUT2D eigenvalue weighted by Gasteiger charge is 2.47. The zero-order chi connectivity index (χ0) is 26.2. The molecule has 2 fully saturated rings. The molecule has 0 aromatic rings. The number of carbonyl (C=O) groups is 1. The lowest BCUT2D eigenvalue weighted by Crippen LogP contribution is -2.47. The molecule has 0 spiro atoms. The second-order valence-electron chi connectivity index (χ2n) is 11.7. The Kier molecular flexibility index (Phi) is 15.4. The lowest BCUT2D eigenvalue weighted by atomic mass is 9.75. The summed E-state index contributed by atoms with van der Waals surface area (Å²) >= 11 is 0. The van der Waals surface area contributed by atoms with Crippen LogP contribution < -0.4 is 10.6 Å². The van der Waals surface area contributed by atoms with Crippen LogP contribution in [-0.4, -0.2) is 48.7 Å². The summed E-state index contributed by atoms with van der Waals surface area (Å²) in [7, 11) is 0.184. The Balaban J connectivity index is 1.68. The largest absolute Gasteiger partial charge is 0.427 e. The number of aliphatic hydroxyl groups is 1. The van der Waals surface area contributed by atoms with Crippen LogP contribution in [0.2, 0.25) is 0 Å². The predicted molar refractivity (Wildman–Crippen MR) is 154 cm³/mol. The summed E-state index contributed by atoms with van der Waals surface area (Å²) in [6.07, 6.45) is 21.1. The van der Waals surface area contributed by atoms with Gasteiger partial charge in [-0.25, -0.2) is 0 Å². The van der Waals surface area contributed by atoms with Crippen LogP contribution in [0.1, 0.15) is 136 Å². The monoisotopic (exact) mass is 504 g/mol. The van der Waals surface area contributed by atoms with Crippen molar-refractivity contribution < 1.29 is 14.6 Å². The lowest BCUT2D eigenvalue weighted by Gasteiger charge is -2.36. The minimum atomic E-state index is -0.485. The van der Waals surface area contributed by atoms with Gasteiger partial charge in [0.05, 0.1) is 6.10 Å². The second kappa shape index (κ2) is 17.6. The molecule has 1 amide bonds. The van der Waals surface area contributed by atoms with Gasteiger partial charge < -0.3 is 20.4 Å². The van der Waals surface area contributed by atoms with E-state index >= 15 is 0 Å². The van der Waals surface area contributed by atoms with E-state index in [4.69, 9.17) is 4.65 Å². The third kappa shape index (κ3) is 10.5. The number of hydrogen-bond donors (Lipinski definition) is 3. The summed E-state index contributed by atoms with van der Waals surface area (Å²) in [5.74, 6) is 0.520. The van der Waals surface area contributed by atoms with Gasteiger partial charge in [0.1, 0.15) is 0 Å². The van der Waals surface area contributed by atoms with Crippen molar-refractivity contribution in [1.29, 1.82) is 0 Å². The van der Waals surface area contributed by atoms with Gasteiger partial charge in [-0.1, -0.05) is 97.5 Å². The van der Waals surface area contributed by atoms with E-state index in [2.05, 4.69) is 38.0 Å². The molecule has 1 saturated heterocycles. The molecule has 2 rings (SSSR count). The molecule has 0 bridgehead atoms. The van der Waals surface area contributed by atoms with Crippen LogP contribution in [-0.2, 0) is 4.65 Å². The van der Waals surface area contributed by atoms with Crippen molar-refractivity contribution >= 4 is 13.3 Å². The Hall–Kier alpha value is -0.845. The molecular formula is C30H57BN2O3. The molecule has 0 radical (unpaired) electrons. The normalized spacial score (nSPS) is 26.4. The van der Waals surface area contributed by atoms with E-state index < -0.39 is 6.10 Å². The topological polar surface area (TPSA) is 70.6 Å². The van der Waals surface area contributed by atoms with Crippen LogP contribution in [0, 0.1) is 5.92 Å². The number of hydrogen-bond acceptors (Lipinski definition) is 4. The molecule has 208 valence electrons. The Morgan fingerprint density at radius 2 is 1.75 bits per heavy atom. The molecule has 0 aromatic heterocycles. The van der Waals surface area contributed by atoms with Crippen molar-refractivity contribution in [1.82, 2.24) is 10.6 Å². The van der Waals surface area contributed by atoms with E-state index in [0.717, 1.165) is 44.1 Å². The number of amides is 1. The summed E-state index contributed by atoms with van der Waals surface area (Å²) in [6, 6.07) is 0.0558. The van der Waals surface area contributed by atoms with Gasteiger partial charge >= 0.3 is 7.48 Å². The number of nitrogens with one attached hydrogen (secondary N) is 2. The Morgan fingerprint density at radius 3 is 2.44 bits per heavy atom. The molecule has 5 nitrogen and oxygen atoms in total. The predicted octanol–water partition coefficient (Wildman–Crippen LogP) is 6.77. The van der Waals surface area contributed by atoms with Crippen LogP contribution in [0.4, 0.5) is 4.79 Å². The number of carbonyl (C=O) groups excluding carboxylic acids is 1. The molecule has 0 aromatic carbocycles. The van der Waals surface area contributed by atoms with Crippen molar-refractivity contribution in [2.45, 2.75) is 160 Å². The fourth-order valence-corrected chi connectivity index (χ4v) is 6.33. The van der Waals surface area contributed by atoms with E-state index in [0.29, 0.717) is 12.5 Å². The van der Waals surface area contributed by atoms with Crippen molar-refractivity contribution in [3.05, 3.63) is 12.2 Å². The Labute approximate surface area is 223 Å². The van der Waals surface area contributed by atoms with Crippen LogP contribution >= 0.6 is 0 Å². The van der Waals surface area contributed by atoms with E-state index in [9.17, 15) is 9.90 Å². The van der Waals surface area contributed by atoms with Crippen molar-refractivity contribution in [2.75, 3.05) is 6.54 Å². The van der Waals surface area contributed by atoms with Crippen molar-refractivity contribution in [3.63, 3.8) is 0 Å². The SMILES string of the molecule is C=C1C(O)C(CCCCNC(=O)BOC2CCCCCCC2)NC1(C)C(CCC)CCCCCCC. The molecule has 6 heteroatoms. The van der Waals surface area contributed by atoms with Gasteiger partial charge in [-0.15, -0.1) is 0 Å².